The fourth-order valence-corrected chi connectivity index (χ4v) is 3.40. The van der Waals surface area contributed by atoms with Crippen molar-refractivity contribution in [3.63, 3.8) is 0 Å². The second kappa shape index (κ2) is 5.56. The standard InChI is InChI=1S/C16H19FN2O2/c17-14-7-10(8-18)5-6-11(14)9-19-15(20)12-3-1-2-4-13(12)16(19)21/h5-7,12-13H,1-4,8-9,18H2. The van der Waals surface area contributed by atoms with Crippen molar-refractivity contribution in [2.75, 3.05) is 0 Å². The smallest absolute Gasteiger partial charge is 0.233 e. The molecule has 1 aliphatic carbocycles. The Morgan fingerprint density at radius 1 is 1.14 bits per heavy atom. The van der Waals surface area contributed by atoms with E-state index in [0.29, 0.717) is 11.1 Å². The molecule has 0 spiro atoms. The molecule has 2 aliphatic rings. The first-order valence-corrected chi connectivity index (χ1v) is 7.44. The number of hydrogen-bond acceptors (Lipinski definition) is 3. The van der Waals surface area contributed by atoms with Gasteiger partial charge in [0, 0.05) is 12.1 Å². The highest BCUT2D eigenvalue weighted by atomic mass is 19.1. The summed E-state index contributed by atoms with van der Waals surface area (Å²) in [5, 5.41) is 0. The number of nitrogens with two attached hydrogens (primary N) is 1. The van der Waals surface area contributed by atoms with E-state index in [4.69, 9.17) is 5.73 Å². The van der Waals surface area contributed by atoms with Gasteiger partial charge in [0.2, 0.25) is 11.8 Å². The Morgan fingerprint density at radius 2 is 1.76 bits per heavy atom. The third-order valence-corrected chi connectivity index (χ3v) is 4.61. The average Bonchev–Trinajstić information content (AvgIpc) is 2.74. The highest BCUT2D eigenvalue weighted by Crippen LogP contribution is 2.38. The molecule has 2 amide bonds. The molecule has 4 nitrogen and oxygen atoms in total. The summed E-state index contributed by atoms with van der Waals surface area (Å²) in [7, 11) is 0. The van der Waals surface area contributed by atoms with Gasteiger partial charge in [0.15, 0.2) is 0 Å². The van der Waals surface area contributed by atoms with Crippen LogP contribution in [0.3, 0.4) is 0 Å². The minimum atomic E-state index is -0.409. The topological polar surface area (TPSA) is 63.4 Å². The van der Waals surface area contributed by atoms with E-state index in [0.717, 1.165) is 25.7 Å². The van der Waals surface area contributed by atoms with E-state index in [9.17, 15) is 14.0 Å². The van der Waals surface area contributed by atoms with Gasteiger partial charge in [0.05, 0.1) is 18.4 Å². The zero-order valence-corrected chi connectivity index (χ0v) is 11.8. The monoisotopic (exact) mass is 290 g/mol. The molecule has 1 aromatic carbocycles. The van der Waals surface area contributed by atoms with Gasteiger partial charge in [-0.15, -0.1) is 0 Å². The van der Waals surface area contributed by atoms with E-state index < -0.39 is 5.82 Å². The summed E-state index contributed by atoms with van der Waals surface area (Å²) in [6, 6.07) is 4.71. The van der Waals surface area contributed by atoms with Gasteiger partial charge in [-0.2, -0.15) is 0 Å². The molecule has 3 rings (SSSR count). The van der Waals surface area contributed by atoms with E-state index in [1.54, 1.807) is 12.1 Å². The van der Waals surface area contributed by atoms with Crippen LogP contribution >= 0.6 is 0 Å². The van der Waals surface area contributed by atoms with Gasteiger partial charge in [-0.1, -0.05) is 25.0 Å². The number of carbonyl (C=O) groups is 2. The van der Waals surface area contributed by atoms with Crippen molar-refractivity contribution in [3.8, 4) is 0 Å². The van der Waals surface area contributed by atoms with Crippen molar-refractivity contribution >= 4 is 11.8 Å². The van der Waals surface area contributed by atoms with Crippen molar-refractivity contribution in [2.24, 2.45) is 17.6 Å². The Bertz CT molecular complexity index is 564. The number of imide groups is 1. The summed E-state index contributed by atoms with van der Waals surface area (Å²) < 4.78 is 14.0. The van der Waals surface area contributed by atoms with Crippen LogP contribution in [0.5, 0.6) is 0 Å². The Morgan fingerprint density at radius 3 is 2.29 bits per heavy atom. The first-order chi connectivity index (χ1) is 10.1. The fourth-order valence-electron chi connectivity index (χ4n) is 3.40. The Labute approximate surface area is 123 Å². The summed E-state index contributed by atoms with van der Waals surface area (Å²) in [6.07, 6.45) is 3.54. The minimum Gasteiger partial charge on any atom is -0.326 e. The first-order valence-electron chi connectivity index (χ1n) is 7.44. The van der Waals surface area contributed by atoms with Crippen LogP contribution in [-0.4, -0.2) is 16.7 Å². The number of rotatable bonds is 3. The maximum Gasteiger partial charge on any atom is 0.233 e. The van der Waals surface area contributed by atoms with Crippen LogP contribution in [-0.2, 0) is 22.7 Å². The number of nitrogens with zero attached hydrogens (tertiary/aromatic N) is 1. The molecule has 21 heavy (non-hydrogen) atoms. The summed E-state index contributed by atoms with van der Waals surface area (Å²) in [4.78, 5) is 25.9. The highest BCUT2D eigenvalue weighted by Gasteiger charge is 2.48. The molecule has 5 heteroatoms. The minimum absolute atomic E-state index is 0.0291. The normalized spacial score (nSPS) is 25.3. The number of fused-ring (bicyclic) bond motifs is 1. The Hall–Kier alpha value is -1.75. The first kappa shape index (κ1) is 14.2. The van der Waals surface area contributed by atoms with Crippen molar-refractivity contribution < 1.29 is 14.0 Å². The van der Waals surface area contributed by atoms with Crippen LogP contribution in [0, 0.1) is 17.7 Å². The van der Waals surface area contributed by atoms with Crippen molar-refractivity contribution in [3.05, 3.63) is 35.1 Å². The summed E-state index contributed by atoms with van der Waals surface area (Å²) in [5.41, 5.74) is 6.54. The Kier molecular flexibility index (Phi) is 3.76. The highest BCUT2D eigenvalue weighted by molar-refractivity contribution is 6.05. The predicted molar refractivity (Wildman–Crippen MR) is 75.3 cm³/mol. The van der Waals surface area contributed by atoms with E-state index in [-0.39, 0.29) is 36.7 Å². The van der Waals surface area contributed by atoms with Gasteiger partial charge < -0.3 is 5.73 Å². The molecular formula is C16H19FN2O2. The lowest BCUT2D eigenvalue weighted by Crippen LogP contribution is -2.30. The Balaban J connectivity index is 1.81. The molecule has 1 saturated heterocycles. The van der Waals surface area contributed by atoms with Gasteiger partial charge in [-0.3, -0.25) is 14.5 Å². The SMILES string of the molecule is NCc1ccc(CN2C(=O)C3CCCCC3C2=O)c(F)c1. The molecule has 0 radical (unpaired) electrons. The molecule has 2 unspecified atom stereocenters. The van der Waals surface area contributed by atoms with E-state index in [1.165, 1.54) is 11.0 Å². The van der Waals surface area contributed by atoms with Gasteiger partial charge in [0.1, 0.15) is 5.82 Å². The van der Waals surface area contributed by atoms with E-state index >= 15 is 0 Å². The number of amides is 2. The largest absolute Gasteiger partial charge is 0.326 e. The van der Waals surface area contributed by atoms with E-state index in [1.807, 2.05) is 0 Å². The van der Waals surface area contributed by atoms with Crippen LogP contribution in [0.4, 0.5) is 4.39 Å². The van der Waals surface area contributed by atoms with Gasteiger partial charge in [-0.25, -0.2) is 4.39 Å². The molecule has 1 saturated carbocycles. The number of likely N-dealkylation sites (tertiary alicyclic amines) is 1. The maximum atomic E-state index is 14.0. The van der Waals surface area contributed by atoms with Crippen LogP contribution in [0.25, 0.3) is 0 Å². The fraction of sp³-hybridized carbons (Fsp3) is 0.500. The van der Waals surface area contributed by atoms with Crippen LogP contribution < -0.4 is 5.73 Å². The maximum absolute atomic E-state index is 14.0. The van der Waals surface area contributed by atoms with Gasteiger partial charge in [0.25, 0.3) is 0 Å². The number of hydrogen-bond donors (Lipinski definition) is 1. The lowest BCUT2D eigenvalue weighted by molar-refractivity contribution is -0.140. The third kappa shape index (κ3) is 2.46. The zero-order chi connectivity index (χ0) is 15.0. The molecular weight excluding hydrogens is 271 g/mol. The second-order valence-corrected chi connectivity index (χ2v) is 5.89. The number of benzene rings is 1. The zero-order valence-electron chi connectivity index (χ0n) is 11.8. The molecule has 0 aromatic heterocycles. The number of halogens is 1. The van der Waals surface area contributed by atoms with Gasteiger partial charge >= 0.3 is 0 Å². The van der Waals surface area contributed by atoms with Crippen LogP contribution in [0.1, 0.15) is 36.8 Å². The second-order valence-electron chi connectivity index (χ2n) is 5.89. The molecule has 2 N–H and O–H groups in total. The van der Waals surface area contributed by atoms with Crippen molar-refractivity contribution in [2.45, 2.75) is 38.8 Å². The molecule has 2 fully saturated rings. The summed E-state index contributed by atoms with van der Waals surface area (Å²) in [6.45, 7) is 0.296. The van der Waals surface area contributed by atoms with Crippen molar-refractivity contribution in [1.29, 1.82) is 0 Å². The molecule has 0 bridgehead atoms. The quantitative estimate of drug-likeness (QED) is 0.866. The van der Waals surface area contributed by atoms with Crippen LogP contribution in [0.2, 0.25) is 0 Å². The predicted octanol–water partition coefficient (Wildman–Crippen LogP) is 1.96. The van der Waals surface area contributed by atoms with Gasteiger partial charge in [-0.05, 0) is 24.5 Å². The molecule has 1 aromatic rings. The molecule has 1 aliphatic heterocycles. The van der Waals surface area contributed by atoms with Crippen molar-refractivity contribution in [1.82, 2.24) is 4.90 Å². The molecule has 112 valence electrons. The molecule has 1 heterocycles. The average molecular weight is 290 g/mol. The van der Waals surface area contributed by atoms with E-state index in [2.05, 4.69) is 0 Å². The van der Waals surface area contributed by atoms with Crippen LogP contribution in [0.15, 0.2) is 18.2 Å². The third-order valence-electron chi connectivity index (χ3n) is 4.61. The summed E-state index contributed by atoms with van der Waals surface area (Å²) >= 11 is 0. The summed E-state index contributed by atoms with van der Waals surface area (Å²) in [5.74, 6) is -1.04. The lowest BCUT2D eigenvalue weighted by Gasteiger charge is -2.19. The molecule has 2 atom stereocenters. The lowest BCUT2D eigenvalue weighted by atomic mass is 9.81. The number of carbonyl (C=O) groups excluding carboxylic acids is 2.